The molecule has 0 fully saturated rings. The van der Waals surface area contributed by atoms with Gasteiger partial charge < -0.3 is 5.11 Å². The normalized spacial score (nSPS) is 16.7. The molecule has 1 atom stereocenters. The van der Waals surface area contributed by atoms with Crippen LogP contribution in [0.15, 0.2) is 12.2 Å². The average molecular weight is 582 g/mol. The average Bonchev–Trinajstić information content (AvgIpc) is 2.64. The first-order valence-corrected chi connectivity index (χ1v) is 8.31. The fraction of sp³-hybridized carbons (Fsp3) is 0.800. The number of hydrogen-bond donors (Lipinski definition) is 1. The lowest BCUT2D eigenvalue weighted by atomic mass is 9.80. The predicted molar refractivity (Wildman–Crippen MR) is 76.2 cm³/mol. The minimum Gasteiger partial charge on any atom is -0.478 e. The molecule has 1 N–H and O–H groups in total. The van der Waals surface area contributed by atoms with Crippen LogP contribution in [0.5, 0.6) is 0 Å². The van der Waals surface area contributed by atoms with E-state index in [4.69, 9.17) is 5.11 Å². The molecular formula is C15H9F19O2. The highest BCUT2D eigenvalue weighted by Gasteiger charge is 2.98. The maximum absolute atomic E-state index is 14.0. The van der Waals surface area contributed by atoms with Crippen LogP contribution >= 0.6 is 0 Å². The Morgan fingerprint density at radius 1 is 0.611 bits per heavy atom. The largest absolute Gasteiger partial charge is 0.478 e. The van der Waals surface area contributed by atoms with Crippen LogP contribution in [-0.4, -0.2) is 64.6 Å². The van der Waals surface area contributed by atoms with Crippen molar-refractivity contribution in [3.8, 4) is 0 Å². The summed E-state index contributed by atoms with van der Waals surface area (Å²) < 4.78 is 253. The summed E-state index contributed by atoms with van der Waals surface area (Å²) in [7, 11) is 0. The molecule has 0 saturated carbocycles. The molecule has 0 amide bonds. The molecular weight excluding hydrogens is 573 g/mol. The first kappa shape index (κ1) is 33.9. The molecule has 214 valence electrons. The monoisotopic (exact) mass is 582 g/mol. The summed E-state index contributed by atoms with van der Waals surface area (Å²) >= 11 is 0. The number of aliphatic carboxylic acids is 1. The van der Waals surface area contributed by atoms with Crippen LogP contribution in [0.3, 0.4) is 0 Å². The fourth-order valence-electron chi connectivity index (χ4n) is 2.62. The highest BCUT2D eigenvalue weighted by molar-refractivity contribution is 5.86. The van der Waals surface area contributed by atoms with Gasteiger partial charge in [-0.3, -0.25) is 0 Å². The standard InChI is InChI=1S/C15H9F19O2/c1-3-5(4(2)6(35)36)7(16,17)9(19,20)11(23,24)13(27,28)12(25,26)10(21,22)8(18,14(29,30)31)15(32,33)34/h5H,2-3H2,1H3,(H,35,36). The van der Waals surface area contributed by atoms with Crippen molar-refractivity contribution in [2.75, 3.05) is 0 Å². The third-order valence-electron chi connectivity index (χ3n) is 4.75. The second-order valence-electron chi connectivity index (χ2n) is 6.94. The van der Waals surface area contributed by atoms with Gasteiger partial charge in [-0.1, -0.05) is 13.5 Å². The van der Waals surface area contributed by atoms with Gasteiger partial charge in [0.1, 0.15) is 0 Å². The zero-order chi connectivity index (χ0) is 29.9. The number of alkyl halides is 19. The van der Waals surface area contributed by atoms with Gasteiger partial charge in [-0.05, 0) is 6.42 Å². The van der Waals surface area contributed by atoms with Crippen LogP contribution in [0.4, 0.5) is 83.4 Å². The van der Waals surface area contributed by atoms with Crippen molar-refractivity contribution in [3.63, 3.8) is 0 Å². The topological polar surface area (TPSA) is 37.3 Å². The number of rotatable bonds is 10. The SMILES string of the molecule is C=C(C(=O)O)C(CC)C(F)(F)C(F)(F)C(F)(F)C(F)(F)C(F)(F)C(F)(F)C(F)(C(F)(F)F)C(F)(F)F. The molecule has 21 heteroatoms. The van der Waals surface area contributed by atoms with E-state index >= 15 is 0 Å². The smallest absolute Gasteiger partial charge is 0.438 e. The van der Waals surface area contributed by atoms with Crippen molar-refractivity contribution >= 4 is 5.97 Å². The van der Waals surface area contributed by atoms with Crippen LogP contribution in [0.1, 0.15) is 13.3 Å². The number of hydrogen-bond acceptors (Lipinski definition) is 1. The van der Waals surface area contributed by atoms with E-state index in [2.05, 4.69) is 6.58 Å². The van der Waals surface area contributed by atoms with Crippen LogP contribution in [-0.2, 0) is 4.79 Å². The van der Waals surface area contributed by atoms with Gasteiger partial charge in [-0.25, -0.2) is 9.18 Å². The summed E-state index contributed by atoms with van der Waals surface area (Å²) in [4.78, 5) is 10.6. The predicted octanol–water partition coefficient (Wildman–Crippen LogP) is 7.30. The lowest BCUT2D eigenvalue weighted by Gasteiger charge is -2.45. The molecule has 0 heterocycles. The molecule has 0 saturated heterocycles. The quantitative estimate of drug-likeness (QED) is 0.217. The van der Waals surface area contributed by atoms with Gasteiger partial charge >= 0.3 is 59.5 Å². The third-order valence-corrected chi connectivity index (χ3v) is 4.75. The molecule has 0 aliphatic rings. The molecule has 0 spiro atoms. The lowest BCUT2D eigenvalue weighted by molar-refractivity contribution is -0.473. The highest BCUT2D eigenvalue weighted by atomic mass is 19.4. The second kappa shape index (κ2) is 8.73. The molecule has 0 aromatic heterocycles. The Balaban J connectivity index is 7.26. The van der Waals surface area contributed by atoms with Crippen molar-refractivity contribution in [2.45, 2.75) is 66.9 Å². The Morgan fingerprint density at radius 3 is 1.14 bits per heavy atom. The van der Waals surface area contributed by atoms with E-state index in [1.165, 1.54) is 0 Å². The molecule has 0 aliphatic carbocycles. The van der Waals surface area contributed by atoms with E-state index in [-0.39, 0.29) is 6.92 Å². The number of carboxylic acid groups (broad SMARTS) is 1. The Hall–Kier alpha value is -2.12. The van der Waals surface area contributed by atoms with E-state index in [9.17, 15) is 88.2 Å². The second-order valence-corrected chi connectivity index (χ2v) is 6.94. The van der Waals surface area contributed by atoms with E-state index in [1.807, 2.05) is 0 Å². The Morgan fingerprint density at radius 2 is 0.889 bits per heavy atom. The van der Waals surface area contributed by atoms with Crippen molar-refractivity contribution in [1.82, 2.24) is 0 Å². The summed E-state index contributed by atoms with van der Waals surface area (Å²) in [5.74, 6) is -57.5. The fourth-order valence-corrected chi connectivity index (χ4v) is 2.62. The molecule has 36 heavy (non-hydrogen) atoms. The molecule has 1 unspecified atom stereocenters. The molecule has 0 aromatic carbocycles. The van der Waals surface area contributed by atoms with E-state index in [0.717, 1.165) is 0 Å². The minimum atomic E-state index is -9.12. The zero-order valence-electron chi connectivity index (χ0n) is 16.5. The van der Waals surface area contributed by atoms with Crippen molar-refractivity contribution < 1.29 is 93.3 Å². The van der Waals surface area contributed by atoms with Gasteiger partial charge in [0.25, 0.3) is 0 Å². The number of carboxylic acids is 1. The van der Waals surface area contributed by atoms with Gasteiger partial charge in [-0.15, -0.1) is 0 Å². The molecule has 0 aliphatic heterocycles. The van der Waals surface area contributed by atoms with Gasteiger partial charge in [0, 0.05) is 5.57 Å². The summed E-state index contributed by atoms with van der Waals surface area (Å²) in [6.07, 6.45) is -18.4. The molecule has 0 aromatic rings. The van der Waals surface area contributed by atoms with E-state index in [0.29, 0.717) is 0 Å². The number of halogens is 19. The Labute approximate surface area is 185 Å². The van der Waals surface area contributed by atoms with Crippen molar-refractivity contribution in [2.24, 2.45) is 5.92 Å². The van der Waals surface area contributed by atoms with Gasteiger partial charge in [-0.2, -0.15) is 79.0 Å². The molecule has 0 radical (unpaired) electrons. The Bertz CT molecular complexity index is 836. The summed E-state index contributed by atoms with van der Waals surface area (Å²) in [5, 5.41) is 8.47. The molecule has 0 bridgehead atoms. The van der Waals surface area contributed by atoms with Gasteiger partial charge in [0.2, 0.25) is 0 Å². The van der Waals surface area contributed by atoms with Crippen LogP contribution in [0.2, 0.25) is 0 Å². The molecule has 2 nitrogen and oxygen atoms in total. The summed E-state index contributed by atoms with van der Waals surface area (Å²) in [6.45, 7) is 2.49. The maximum atomic E-state index is 14.0. The first-order valence-electron chi connectivity index (χ1n) is 8.31. The van der Waals surface area contributed by atoms with Crippen molar-refractivity contribution in [3.05, 3.63) is 12.2 Å². The summed E-state index contributed by atoms with van der Waals surface area (Å²) in [5.41, 5.74) is -11.0. The molecule has 0 rings (SSSR count). The first-order chi connectivity index (χ1) is 15.3. The van der Waals surface area contributed by atoms with Gasteiger partial charge in [0.05, 0.1) is 5.92 Å². The van der Waals surface area contributed by atoms with E-state index < -0.39 is 77.4 Å². The Kier molecular flexibility index (Phi) is 8.21. The third kappa shape index (κ3) is 4.12. The van der Waals surface area contributed by atoms with Crippen LogP contribution < -0.4 is 0 Å². The van der Waals surface area contributed by atoms with E-state index in [1.54, 1.807) is 0 Å². The van der Waals surface area contributed by atoms with Gasteiger partial charge in [0.15, 0.2) is 0 Å². The van der Waals surface area contributed by atoms with Crippen LogP contribution in [0, 0.1) is 5.92 Å². The van der Waals surface area contributed by atoms with Crippen molar-refractivity contribution in [1.29, 1.82) is 0 Å². The summed E-state index contributed by atoms with van der Waals surface area (Å²) in [6, 6.07) is 0. The number of carbonyl (C=O) groups is 1. The maximum Gasteiger partial charge on any atom is 0.438 e. The zero-order valence-corrected chi connectivity index (χ0v) is 16.5. The lowest BCUT2D eigenvalue weighted by Crippen LogP contribution is -2.78. The van der Waals surface area contributed by atoms with Crippen LogP contribution in [0.25, 0.3) is 0 Å². The highest BCUT2D eigenvalue weighted by Crippen LogP contribution is 2.66. The minimum absolute atomic E-state index is 0.284.